The highest BCUT2D eigenvalue weighted by atomic mass is 32.1. The van der Waals surface area contributed by atoms with Crippen molar-refractivity contribution < 1.29 is 14.6 Å². The van der Waals surface area contributed by atoms with Crippen molar-refractivity contribution in [1.29, 1.82) is 0 Å². The van der Waals surface area contributed by atoms with Crippen LogP contribution in [0.2, 0.25) is 0 Å². The highest BCUT2D eigenvalue weighted by molar-refractivity contribution is 7.07. The number of esters is 1. The number of ether oxygens (including phenoxy) is 1. The van der Waals surface area contributed by atoms with Crippen molar-refractivity contribution in [2.24, 2.45) is 0 Å². The Labute approximate surface area is 118 Å². The molecule has 0 aromatic carbocycles. The third-order valence-electron chi connectivity index (χ3n) is 3.18. The van der Waals surface area contributed by atoms with Crippen molar-refractivity contribution in [2.75, 3.05) is 13.2 Å². The van der Waals surface area contributed by atoms with Crippen LogP contribution < -0.4 is 0 Å². The topological polar surface area (TPSA) is 49.8 Å². The van der Waals surface area contributed by atoms with Crippen LogP contribution in [0.15, 0.2) is 16.8 Å². The third kappa shape index (κ3) is 4.93. The second-order valence-electron chi connectivity index (χ2n) is 4.96. The number of aliphatic hydroxyl groups excluding tert-OH is 1. The predicted octanol–water partition coefficient (Wildman–Crippen LogP) is 2.03. The minimum Gasteiger partial charge on any atom is -0.466 e. The fourth-order valence-electron chi connectivity index (χ4n) is 2.15. The number of carbonyl (C=O) groups excluding carboxylic acids is 1. The first kappa shape index (κ1) is 14.5. The van der Waals surface area contributed by atoms with Gasteiger partial charge in [0.1, 0.15) is 0 Å². The standard InChI is InChI=1S/C14H21NO3S/c1-2-18-14(17)7-13(16)9-15(12-3-4-12)8-11-5-6-19-10-11/h5-6,10,12-13,16H,2-4,7-9H2,1H3. The molecule has 0 saturated heterocycles. The number of hydrogen-bond acceptors (Lipinski definition) is 5. The summed E-state index contributed by atoms with van der Waals surface area (Å²) in [6.07, 6.45) is 1.83. The summed E-state index contributed by atoms with van der Waals surface area (Å²) >= 11 is 1.69. The molecule has 1 unspecified atom stereocenters. The molecule has 1 aliphatic carbocycles. The Kier molecular flexibility index (Phi) is 5.36. The van der Waals surface area contributed by atoms with Crippen molar-refractivity contribution in [1.82, 2.24) is 4.90 Å². The second kappa shape index (κ2) is 7.03. The van der Waals surface area contributed by atoms with Gasteiger partial charge in [-0.3, -0.25) is 9.69 Å². The number of carbonyl (C=O) groups is 1. The number of thiophene rings is 1. The van der Waals surface area contributed by atoms with Gasteiger partial charge in [0.2, 0.25) is 0 Å². The molecule has 1 aromatic heterocycles. The van der Waals surface area contributed by atoms with Gasteiger partial charge >= 0.3 is 5.97 Å². The summed E-state index contributed by atoms with van der Waals surface area (Å²) < 4.78 is 4.86. The Balaban J connectivity index is 1.81. The van der Waals surface area contributed by atoms with Crippen LogP contribution in [0.25, 0.3) is 0 Å². The Bertz CT molecular complexity index is 389. The van der Waals surface area contributed by atoms with Crippen molar-refractivity contribution in [3.8, 4) is 0 Å². The van der Waals surface area contributed by atoms with Gasteiger partial charge in [0.15, 0.2) is 0 Å². The fourth-order valence-corrected chi connectivity index (χ4v) is 2.81. The number of hydrogen-bond donors (Lipinski definition) is 1. The van der Waals surface area contributed by atoms with E-state index in [0.717, 1.165) is 6.54 Å². The summed E-state index contributed by atoms with van der Waals surface area (Å²) in [7, 11) is 0. The van der Waals surface area contributed by atoms with E-state index >= 15 is 0 Å². The van der Waals surface area contributed by atoms with Gasteiger partial charge in [-0.2, -0.15) is 11.3 Å². The predicted molar refractivity (Wildman–Crippen MR) is 75.0 cm³/mol. The van der Waals surface area contributed by atoms with Crippen LogP contribution >= 0.6 is 11.3 Å². The van der Waals surface area contributed by atoms with E-state index in [0.29, 0.717) is 19.2 Å². The molecule has 1 fully saturated rings. The number of nitrogens with zero attached hydrogens (tertiary/aromatic N) is 1. The molecular weight excluding hydrogens is 262 g/mol. The maximum atomic E-state index is 11.3. The minimum atomic E-state index is -0.640. The average molecular weight is 283 g/mol. The summed E-state index contributed by atoms with van der Waals surface area (Å²) in [6.45, 7) is 3.54. The monoisotopic (exact) mass is 283 g/mol. The van der Waals surface area contributed by atoms with E-state index in [4.69, 9.17) is 4.74 Å². The van der Waals surface area contributed by atoms with Gasteiger partial charge < -0.3 is 9.84 Å². The summed E-state index contributed by atoms with van der Waals surface area (Å²) in [5, 5.41) is 14.2. The van der Waals surface area contributed by atoms with Crippen LogP contribution in [-0.2, 0) is 16.1 Å². The molecule has 0 amide bonds. The van der Waals surface area contributed by atoms with Crippen molar-refractivity contribution in [2.45, 2.75) is 44.9 Å². The number of rotatable bonds is 8. The molecule has 106 valence electrons. The van der Waals surface area contributed by atoms with Gasteiger partial charge in [0, 0.05) is 19.1 Å². The Morgan fingerprint density at radius 2 is 2.42 bits per heavy atom. The van der Waals surface area contributed by atoms with Crippen molar-refractivity contribution in [3.63, 3.8) is 0 Å². The lowest BCUT2D eigenvalue weighted by atomic mass is 10.2. The molecule has 19 heavy (non-hydrogen) atoms. The lowest BCUT2D eigenvalue weighted by Crippen LogP contribution is -2.35. The molecule has 0 spiro atoms. The highest BCUT2D eigenvalue weighted by Crippen LogP contribution is 2.29. The zero-order valence-corrected chi connectivity index (χ0v) is 12.1. The molecule has 1 aliphatic rings. The Morgan fingerprint density at radius 1 is 1.63 bits per heavy atom. The van der Waals surface area contributed by atoms with Crippen LogP contribution in [0.3, 0.4) is 0 Å². The van der Waals surface area contributed by atoms with Gasteiger partial charge in [-0.25, -0.2) is 0 Å². The van der Waals surface area contributed by atoms with E-state index < -0.39 is 6.10 Å². The Hall–Kier alpha value is -0.910. The van der Waals surface area contributed by atoms with E-state index in [9.17, 15) is 9.90 Å². The molecule has 2 rings (SSSR count). The first-order chi connectivity index (χ1) is 9.19. The smallest absolute Gasteiger partial charge is 0.308 e. The molecule has 4 nitrogen and oxygen atoms in total. The molecule has 0 aliphatic heterocycles. The molecule has 1 aromatic rings. The van der Waals surface area contributed by atoms with Gasteiger partial charge in [0.25, 0.3) is 0 Å². The van der Waals surface area contributed by atoms with E-state index in [1.54, 1.807) is 18.3 Å². The molecule has 0 radical (unpaired) electrons. The zero-order valence-electron chi connectivity index (χ0n) is 11.2. The summed E-state index contributed by atoms with van der Waals surface area (Å²) in [5.41, 5.74) is 1.28. The van der Waals surface area contributed by atoms with Crippen LogP contribution in [0, 0.1) is 0 Å². The molecule has 1 saturated carbocycles. The molecule has 1 atom stereocenters. The molecule has 1 N–H and O–H groups in total. The summed E-state index contributed by atoms with van der Waals surface area (Å²) in [4.78, 5) is 13.6. The van der Waals surface area contributed by atoms with Crippen LogP contribution in [0.1, 0.15) is 31.7 Å². The molecular formula is C14H21NO3S. The lowest BCUT2D eigenvalue weighted by molar-refractivity contribution is -0.145. The van der Waals surface area contributed by atoms with Crippen molar-refractivity contribution >= 4 is 17.3 Å². The average Bonchev–Trinajstić information content (AvgIpc) is 3.08. The maximum Gasteiger partial charge on any atom is 0.308 e. The third-order valence-corrected chi connectivity index (χ3v) is 3.91. The van der Waals surface area contributed by atoms with Gasteiger partial charge in [-0.15, -0.1) is 0 Å². The second-order valence-corrected chi connectivity index (χ2v) is 5.74. The van der Waals surface area contributed by atoms with Crippen LogP contribution in [0.5, 0.6) is 0 Å². The SMILES string of the molecule is CCOC(=O)CC(O)CN(Cc1ccsc1)C1CC1. The van der Waals surface area contributed by atoms with Gasteiger partial charge in [-0.1, -0.05) is 0 Å². The van der Waals surface area contributed by atoms with Crippen molar-refractivity contribution in [3.05, 3.63) is 22.4 Å². The zero-order chi connectivity index (χ0) is 13.7. The Morgan fingerprint density at radius 3 is 3.00 bits per heavy atom. The largest absolute Gasteiger partial charge is 0.466 e. The quantitative estimate of drug-likeness (QED) is 0.742. The first-order valence-electron chi connectivity index (χ1n) is 6.78. The van der Waals surface area contributed by atoms with Gasteiger partial charge in [-0.05, 0) is 42.2 Å². The van der Waals surface area contributed by atoms with Crippen LogP contribution in [0.4, 0.5) is 0 Å². The van der Waals surface area contributed by atoms with E-state index in [1.165, 1.54) is 18.4 Å². The van der Waals surface area contributed by atoms with E-state index in [-0.39, 0.29) is 12.4 Å². The van der Waals surface area contributed by atoms with Crippen LogP contribution in [-0.4, -0.2) is 41.3 Å². The highest BCUT2D eigenvalue weighted by Gasteiger charge is 2.30. The first-order valence-corrected chi connectivity index (χ1v) is 7.72. The summed E-state index contributed by atoms with van der Waals surface area (Å²) in [6, 6.07) is 2.68. The minimum absolute atomic E-state index is 0.0840. The van der Waals surface area contributed by atoms with E-state index in [1.807, 2.05) is 0 Å². The summed E-state index contributed by atoms with van der Waals surface area (Å²) in [5.74, 6) is -0.318. The normalized spacial score (nSPS) is 16.6. The lowest BCUT2D eigenvalue weighted by Gasteiger charge is -2.24. The molecule has 1 heterocycles. The molecule has 5 heteroatoms. The maximum absolute atomic E-state index is 11.3. The van der Waals surface area contributed by atoms with Gasteiger partial charge in [0.05, 0.1) is 19.1 Å². The van der Waals surface area contributed by atoms with E-state index in [2.05, 4.69) is 21.7 Å². The fraction of sp³-hybridized carbons (Fsp3) is 0.643. The molecule has 0 bridgehead atoms. The number of aliphatic hydroxyl groups is 1.